The number of hydrogen-bond donors (Lipinski definition) is 3. The van der Waals surface area contributed by atoms with Crippen molar-refractivity contribution in [3.8, 4) is 28.7 Å². The highest BCUT2D eigenvalue weighted by atomic mass is 35.5. The number of nitrogens with zero attached hydrogens (tertiary/aromatic N) is 5. The van der Waals surface area contributed by atoms with Crippen molar-refractivity contribution in [1.82, 2.24) is 30.0 Å². The summed E-state index contributed by atoms with van der Waals surface area (Å²) in [6.45, 7) is 6.52. The van der Waals surface area contributed by atoms with Crippen LogP contribution in [0.1, 0.15) is 57.2 Å². The van der Waals surface area contributed by atoms with Gasteiger partial charge < -0.3 is 16.0 Å². The Bertz CT molecular complexity index is 1710. The molecule has 5 rings (SSSR count). The highest BCUT2D eigenvalue weighted by molar-refractivity contribution is 7.15. The average Bonchev–Trinajstić information content (AvgIpc) is 3.59. The SMILES string of the molecule is Cc1sc2c(c1C)C(c1ccc(Cl)cc1)=N[C@@H](CC(=O)NCC#Cc1cnc(C#CCN)[nH]1)c1nnc(C)n1-2. The largest absolute Gasteiger partial charge is 0.345 e. The lowest BCUT2D eigenvalue weighted by Gasteiger charge is -2.12. The molecule has 0 radical (unpaired) electrons. The van der Waals surface area contributed by atoms with Gasteiger partial charge in [-0.1, -0.05) is 35.6 Å². The van der Waals surface area contributed by atoms with E-state index in [1.807, 2.05) is 35.8 Å². The summed E-state index contributed by atoms with van der Waals surface area (Å²) in [6, 6.07) is 7.05. The van der Waals surface area contributed by atoms with E-state index in [9.17, 15) is 4.79 Å². The number of benzene rings is 1. The summed E-state index contributed by atoms with van der Waals surface area (Å²) < 4.78 is 2.02. The van der Waals surface area contributed by atoms with Crippen LogP contribution in [0, 0.1) is 44.5 Å². The normalized spacial score (nSPS) is 13.7. The number of rotatable bonds is 4. The van der Waals surface area contributed by atoms with Gasteiger partial charge in [-0.15, -0.1) is 21.5 Å². The quantitative estimate of drug-likeness (QED) is 0.332. The van der Waals surface area contributed by atoms with E-state index in [1.54, 1.807) is 17.5 Å². The van der Waals surface area contributed by atoms with Crippen molar-refractivity contribution in [3.05, 3.63) is 80.2 Å². The van der Waals surface area contributed by atoms with Gasteiger partial charge in [-0.05, 0) is 50.3 Å². The van der Waals surface area contributed by atoms with Crippen LogP contribution in [0.3, 0.4) is 0 Å². The van der Waals surface area contributed by atoms with Crippen LogP contribution in [0.4, 0.5) is 0 Å². The van der Waals surface area contributed by atoms with E-state index in [2.05, 4.69) is 63.0 Å². The van der Waals surface area contributed by atoms with Crippen molar-refractivity contribution in [1.29, 1.82) is 0 Å². The number of nitrogens with two attached hydrogens (primary N) is 1. The van der Waals surface area contributed by atoms with Gasteiger partial charge in [0.25, 0.3) is 0 Å². The third kappa shape index (κ3) is 5.50. The summed E-state index contributed by atoms with van der Waals surface area (Å²) in [5.74, 6) is 13.1. The van der Waals surface area contributed by atoms with Crippen molar-refractivity contribution in [2.24, 2.45) is 10.7 Å². The van der Waals surface area contributed by atoms with Gasteiger partial charge in [0.05, 0.1) is 31.4 Å². The maximum Gasteiger partial charge on any atom is 0.223 e. The minimum atomic E-state index is -0.541. The van der Waals surface area contributed by atoms with Crippen LogP contribution in [-0.2, 0) is 4.79 Å². The zero-order valence-electron chi connectivity index (χ0n) is 21.6. The fraction of sp³-hybridized carbons (Fsp3) is 0.250. The Kier molecular flexibility index (Phi) is 7.62. The molecule has 0 saturated carbocycles. The van der Waals surface area contributed by atoms with E-state index < -0.39 is 6.04 Å². The fourth-order valence-electron chi connectivity index (χ4n) is 4.25. The van der Waals surface area contributed by atoms with E-state index in [-0.39, 0.29) is 25.4 Å². The molecule has 1 aliphatic heterocycles. The molecule has 4 aromatic rings. The molecule has 1 atom stereocenters. The molecule has 11 heteroatoms. The molecule has 1 aliphatic rings. The van der Waals surface area contributed by atoms with Crippen LogP contribution < -0.4 is 11.1 Å². The second-order valence-electron chi connectivity index (χ2n) is 8.84. The average molecular weight is 557 g/mol. The summed E-state index contributed by atoms with van der Waals surface area (Å²) in [5, 5.41) is 13.3. The third-order valence-electron chi connectivity index (χ3n) is 6.22. The van der Waals surface area contributed by atoms with Crippen LogP contribution in [0.5, 0.6) is 0 Å². The Labute approximate surface area is 234 Å². The van der Waals surface area contributed by atoms with Gasteiger partial charge in [-0.3, -0.25) is 14.4 Å². The smallest absolute Gasteiger partial charge is 0.223 e. The first-order valence-corrected chi connectivity index (χ1v) is 13.4. The highest BCUT2D eigenvalue weighted by Gasteiger charge is 2.32. The molecule has 1 aromatic carbocycles. The fourth-order valence-corrected chi connectivity index (χ4v) is 5.59. The number of aryl methyl sites for hydroxylation is 2. The molecule has 0 unspecified atom stereocenters. The number of halogens is 1. The number of amides is 1. The molecule has 0 spiro atoms. The standard InChI is InChI=1S/C28H25ClN8OS/c1-16-17(2)39-28-25(16)26(19-8-10-20(29)11-9-19)34-22(27-36-35-18(3)37(27)28)14-24(38)31-13-5-6-21-15-32-23(33-21)7-4-12-30/h8-11,15,22H,12-14,30H2,1-3H3,(H,31,38)(H,32,33)/t22-/m0/s1. The number of imidazole rings is 1. The first-order chi connectivity index (χ1) is 18.9. The van der Waals surface area contributed by atoms with Gasteiger partial charge in [-0.25, -0.2) is 4.98 Å². The van der Waals surface area contributed by atoms with Gasteiger partial charge in [0.1, 0.15) is 22.6 Å². The number of aromatic nitrogens is 5. The lowest BCUT2D eigenvalue weighted by Crippen LogP contribution is -2.25. The van der Waals surface area contributed by atoms with Crippen LogP contribution in [0.25, 0.3) is 5.00 Å². The number of H-pyrrole nitrogens is 1. The van der Waals surface area contributed by atoms with Gasteiger partial charge in [0, 0.05) is 21.0 Å². The van der Waals surface area contributed by atoms with Crippen LogP contribution in [-0.4, -0.2) is 49.4 Å². The Morgan fingerprint density at radius 1 is 1.18 bits per heavy atom. The topological polar surface area (TPSA) is 127 Å². The van der Waals surface area contributed by atoms with Gasteiger partial charge >= 0.3 is 0 Å². The zero-order valence-corrected chi connectivity index (χ0v) is 23.2. The highest BCUT2D eigenvalue weighted by Crippen LogP contribution is 2.39. The lowest BCUT2D eigenvalue weighted by atomic mass is 9.99. The Morgan fingerprint density at radius 2 is 1.97 bits per heavy atom. The van der Waals surface area contributed by atoms with Crippen LogP contribution in [0.2, 0.25) is 5.02 Å². The van der Waals surface area contributed by atoms with E-state index in [1.165, 1.54) is 4.88 Å². The van der Waals surface area contributed by atoms with Crippen molar-refractivity contribution < 1.29 is 4.79 Å². The molecule has 0 saturated heterocycles. The number of aromatic amines is 1. The third-order valence-corrected chi connectivity index (χ3v) is 7.66. The Balaban J connectivity index is 1.41. The Hall–Kier alpha value is -4.22. The molecule has 196 valence electrons. The molecule has 9 nitrogen and oxygen atoms in total. The lowest BCUT2D eigenvalue weighted by molar-refractivity contribution is -0.121. The number of hydrogen-bond acceptors (Lipinski definition) is 7. The predicted molar refractivity (Wildman–Crippen MR) is 152 cm³/mol. The van der Waals surface area contributed by atoms with E-state index in [0.717, 1.165) is 33.2 Å². The number of fused-ring (bicyclic) bond motifs is 3. The molecule has 39 heavy (non-hydrogen) atoms. The molecule has 4 N–H and O–H groups in total. The van der Waals surface area contributed by atoms with Crippen molar-refractivity contribution in [2.45, 2.75) is 33.2 Å². The summed E-state index contributed by atoms with van der Waals surface area (Å²) in [7, 11) is 0. The number of carbonyl (C=O) groups is 1. The second-order valence-corrected chi connectivity index (χ2v) is 10.5. The van der Waals surface area contributed by atoms with Crippen molar-refractivity contribution >= 4 is 34.6 Å². The first-order valence-electron chi connectivity index (χ1n) is 12.2. The van der Waals surface area contributed by atoms with E-state index >= 15 is 0 Å². The summed E-state index contributed by atoms with van der Waals surface area (Å²) in [6.07, 6.45) is 1.68. The molecular formula is C28H25ClN8OS. The summed E-state index contributed by atoms with van der Waals surface area (Å²) in [5.41, 5.74) is 9.87. The number of nitrogens with one attached hydrogen (secondary N) is 2. The Morgan fingerprint density at radius 3 is 2.74 bits per heavy atom. The summed E-state index contributed by atoms with van der Waals surface area (Å²) in [4.78, 5) is 26.4. The summed E-state index contributed by atoms with van der Waals surface area (Å²) >= 11 is 7.84. The monoisotopic (exact) mass is 556 g/mol. The van der Waals surface area contributed by atoms with Crippen LogP contribution >= 0.6 is 22.9 Å². The molecular weight excluding hydrogens is 532 g/mol. The molecule has 0 aliphatic carbocycles. The van der Waals surface area contributed by atoms with Gasteiger partial charge in [-0.2, -0.15) is 0 Å². The van der Waals surface area contributed by atoms with Gasteiger partial charge in [0.15, 0.2) is 11.6 Å². The minimum absolute atomic E-state index is 0.0900. The number of thiophene rings is 1. The van der Waals surface area contributed by atoms with Gasteiger partial charge in [0.2, 0.25) is 5.91 Å². The van der Waals surface area contributed by atoms with Crippen molar-refractivity contribution in [2.75, 3.05) is 13.1 Å². The minimum Gasteiger partial charge on any atom is -0.345 e. The molecule has 4 heterocycles. The molecule has 0 fully saturated rings. The van der Waals surface area contributed by atoms with Crippen molar-refractivity contribution in [3.63, 3.8) is 0 Å². The first kappa shape index (κ1) is 26.4. The number of aliphatic imine (C=N–C) groups is 1. The molecule has 1 amide bonds. The maximum atomic E-state index is 13.0. The predicted octanol–water partition coefficient (Wildman–Crippen LogP) is 3.39. The van der Waals surface area contributed by atoms with E-state index in [0.29, 0.717) is 22.4 Å². The molecule has 3 aromatic heterocycles. The zero-order chi connectivity index (χ0) is 27.5. The van der Waals surface area contributed by atoms with E-state index in [4.69, 9.17) is 22.3 Å². The molecule has 0 bridgehead atoms. The maximum absolute atomic E-state index is 13.0. The second kappa shape index (κ2) is 11.3. The number of carbonyl (C=O) groups excluding carboxylic acids is 1. The van der Waals surface area contributed by atoms with Crippen LogP contribution in [0.15, 0.2) is 35.5 Å².